The summed E-state index contributed by atoms with van der Waals surface area (Å²) in [6.45, 7) is 19.0. The maximum atomic E-state index is 14.1. The average molecular weight is 580 g/mol. The summed E-state index contributed by atoms with van der Waals surface area (Å²) in [6.07, 6.45) is -4.64. The molecule has 1 saturated heterocycles. The number of aliphatic hydroxyl groups excluding tert-OH is 1. The van der Waals surface area contributed by atoms with Crippen LogP contribution in [0.1, 0.15) is 83.1 Å². The van der Waals surface area contributed by atoms with Crippen LogP contribution in [-0.2, 0) is 38.1 Å². The van der Waals surface area contributed by atoms with Crippen molar-refractivity contribution in [3.63, 3.8) is 0 Å². The Labute approximate surface area is 223 Å². The first kappa shape index (κ1) is 32.5. The van der Waals surface area contributed by atoms with Gasteiger partial charge in [0.25, 0.3) is 0 Å². The molecule has 0 amide bonds. The third-order valence-corrected chi connectivity index (χ3v) is 6.27. The third-order valence-electron chi connectivity index (χ3n) is 5.51. The average Bonchev–Trinajstić information content (AvgIpc) is 2.68. The Balaban J connectivity index is 3.86. The largest absolute Gasteiger partial charge is 0.462 e. The van der Waals surface area contributed by atoms with Crippen LogP contribution in [0.15, 0.2) is 0 Å². The first-order chi connectivity index (χ1) is 15.9. The zero-order valence-corrected chi connectivity index (χ0v) is 25.2. The van der Waals surface area contributed by atoms with Crippen LogP contribution in [0.2, 0.25) is 0 Å². The number of hydrogen-bond acceptors (Lipinski definition) is 9. The van der Waals surface area contributed by atoms with Gasteiger partial charge in [0.1, 0.15) is 23.8 Å². The van der Waals surface area contributed by atoms with Crippen molar-refractivity contribution in [3.05, 3.63) is 0 Å². The van der Waals surface area contributed by atoms with Crippen molar-refractivity contribution in [1.82, 2.24) is 0 Å². The summed E-state index contributed by atoms with van der Waals surface area (Å²) in [4.78, 5) is 53.0. The highest BCUT2D eigenvalue weighted by Gasteiger charge is 2.67. The van der Waals surface area contributed by atoms with Crippen molar-refractivity contribution in [2.45, 2.75) is 112 Å². The fourth-order valence-corrected chi connectivity index (χ4v) is 3.77. The lowest BCUT2D eigenvalue weighted by Crippen LogP contribution is -2.74. The second kappa shape index (κ2) is 10.7. The van der Waals surface area contributed by atoms with Crippen LogP contribution in [0.3, 0.4) is 0 Å². The molecule has 0 aromatic rings. The van der Waals surface area contributed by atoms with Crippen molar-refractivity contribution in [2.24, 2.45) is 21.7 Å². The summed E-state index contributed by atoms with van der Waals surface area (Å²) in [5.41, 5.74) is -6.38. The van der Waals surface area contributed by atoms with Gasteiger partial charge in [-0.3, -0.25) is 19.2 Å². The lowest BCUT2D eigenvalue weighted by molar-refractivity contribution is -0.271. The SMILES string of the molecule is CC(C)(C)C(=O)OC[C@H]1O[C@H](Br)[C@H](O)[C@@H](OC(=O)C(C)(C)C)[C@@]1(OC(=O)C(C)(C)C)C(=O)C(C)(C)C. The van der Waals surface area contributed by atoms with Crippen LogP contribution < -0.4 is 0 Å². The predicted molar refractivity (Wildman–Crippen MR) is 136 cm³/mol. The summed E-state index contributed by atoms with van der Waals surface area (Å²) >= 11 is 3.22. The van der Waals surface area contributed by atoms with Crippen molar-refractivity contribution in [2.75, 3.05) is 6.61 Å². The van der Waals surface area contributed by atoms with E-state index in [4.69, 9.17) is 18.9 Å². The zero-order chi connectivity index (χ0) is 28.7. The standard InChI is InChI=1S/C26H43BrO9/c1-22(2,3)18(29)26(36-21(32)25(10,11)12)14(13-33-19(30)23(4,5)6)34-17(27)15(28)16(26)35-20(31)24(7,8)9/h14-17,28H,13H2,1-12H3/t14-,15-,16-,17+,26-/m1/s1. The topological polar surface area (TPSA) is 125 Å². The predicted octanol–water partition coefficient (Wildman–Crippen LogP) is 3.96. The minimum atomic E-state index is -2.31. The minimum absolute atomic E-state index is 0.492. The summed E-state index contributed by atoms with van der Waals surface area (Å²) < 4.78 is 23.1. The fraction of sp³-hybridized carbons (Fsp3) is 0.846. The molecule has 1 fully saturated rings. The summed E-state index contributed by atoms with van der Waals surface area (Å²) in [6, 6.07) is 0. The van der Waals surface area contributed by atoms with Crippen LogP contribution in [-0.4, -0.2) is 64.3 Å². The number of carbonyl (C=O) groups is 4. The van der Waals surface area contributed by atoms with E-state index in [0.717, 1.165) is 0 Å². The van der Waals surface area contributed by atoms with Gasteiger partial charge in [-0.05, 0) is 62.3 Å². The van der Waals surface area contributed by atoms with Gasteiger partial charge in [0.05, 0.1) is 16.2 Å². The van der Waals surface area contributed by atoms with Gasteiger partial charge in [-0.25, -0.2) is 0 Å². The Kier molecular flexibility index (Phi) is 9.65. The lowest BCUT2D eigenvalue weighted by atomic mass is 9.71. The maximum Gasteiger partial charge on any atom is 0.312 e. The van der Waals surface area contributed by atoms with Crippen molar-refractivity contribution < 1.29 is 43.2 Å². The lowest BCUT2D eigenvalue weighted by Gasteiger charge is -2.51. The van der Waals surface area contributed by atoms with Gasteiger partial charge in [0.2, 0.25) is 5.60 Å². The second-order valence-electron chi connectivity index (χ2n) is 13.4. The normalized spacial score (nSPS) is 27.7. The van der Waals surface area contributed by atoms with E-state index in [1.807, 2.05) is 0 Å². The number of ketones is 1. The molecule has 1 aliphatic heterocycles. The molecular weight excluding hydrogens is 536 g/mol. The quantitative estimate of drug-likeness (QED) is 0.293. The Hall–Kier alpha value is -1.52. The third kappa shape index (κ3) is 7.28. The van der Waals surface area contributed by atoms with Crippen molar-refractivity contribution >= 4 is 39.6 Å². The molecule has 0 unspecified atom stereocenters. The van der Waals surface area contributed by atoms with Crippen LogP contribution >= 0.6 is 15.9 Å². The van der Waals surface area contributed by atoms with Gasteiger partial charge < -0.3 is 24.1 Å². The van der Waals surface area contributed by atoms with Crippen LogP contribution in [0, 0.1) is 21.7 Å². The van der Waals surface area contributed by atoms with E-state index in [1.165, 1.54) is 0 Å². The van der Waals surface area contributed by atoms with Crippen LogP contribution in [0.25, 0.3) is 0 Å². The van der Waals surface area contributed by atoms with E-state index in [2.05, 4.69) is 15.9 Å². The number of Topliss-reactive ketones (excluding diaryl/α,β-unsaturated/α-hetero) is 1. The molecule has 0 bridgehead atoms. The number of hydrogen-bond donors (Lipinski definition) is 1. The molecule has 0 aliphatic carbocycles. The highest BCUT2D eigenvalue weighted by molar-refractivity contribution is 9.09. The molecule has 0 saturated carbocycles. The molecule has 1 N–H and O–H groups in total. The molecule has 0 aromatic carbocycles. The smallest absolute Gasteiger partial charge is 0.312 e. The monoisotopic (exact) mass is 578 g/mol. The fourth-order valence-electron chi connectivity index (χ4n) is 3.23. The summed E-state index contributed by atoms with van der Waals surface area (Å²) in [5.74, 6) is -2.75. The Morgan fingerprint density at radius 1 is 0.778 bits per heavy atom. The highest BCUT2D eigenvalue weighted by Crippen LogP contribution is 2.44. The number of alkyl halides is 1. The van der Waals surface area contributed by atoms with Gasteiger partial charge in [0.15, 0.2) is 11.9 Å². The second-order valence-corrected chi connectivity index (χ2v) is 14.3. The number of ether oxygens (including phenoxy) is 4. The number of aliphatic hydroxyl groups is 1. The molecule has 0 aromatic heterocycles. The molecule has 208 valence electrons. The molecule has 10 heteroatoms. The van der Waals surface area contributed by atoms with Gasteiger partial charge in [-0.1, -0.05) is 36.7 Å². The van der Waals surface area contributed by atoms with E-state index < -0.39 is 80.9 Å². The first-order valence-electron chi connectivity index (χ1n) is 12.0. The van der Waals surface area contributed by atoms with E-state index in [1.54, 1.807) is 83.1 Å². The number of halogens is 1. The number of esters is 3. The van der Waals surface area contributed by atoms with Crippen LogP contribution in [0.4, 0.5) is 0 Å². The zero-order valence-electron chi connectivity index (χ0n) is 23.6. The van der Waals surface area contributed by atoms with E-state index in [9.17, 15) is 24.3 Å². The summed E-state index contributed by atoms with van der Waals surface area (Å²) in [7, 11) is 0. The van der Waals surface area contributed by atoms with Crippen molar-refractivity contribution in [1.29, 1.82) is 0 Å². The van der Waals surface area contributed by atoms with Crippen molar-refractivity contribution in [3.8, 4) is 0 Å². The Bertz CT molecular complexity index is 855. The summed E-state index contributed by atoms with van der Waals surface area (Å²) in [5, 5.41) is 10.0. The van der Waals surface area contributed by atoms with Gasteiger partial charge in [-0.15, -0.1) is 0 Å². The molecule has 1 rings (SSSR count). The van der Waals surface area contributed by atoms with E-state index in [0.29, 0.717) is 0 Å². The first-order valence-corrected chi connectivity index (χ1v) is 12.9. The number of carbonyl (C=O) groups excluding carboxylic acids is 4. The van der Waals surface area contributed by atoms with Crippen LogP contribution in [0.5, 0.6) is 0 Å². The number of rotatable bonds is 5. The van der Waals surface area contributed by atoms with Gasteiger partial charge in [-0.2, -0.15) is 0 Å². The molecule has 9 nitrogen and oxygen atoms in total. The van der Waals surface area contributed by atoms with E-state index >= 15 is 0 Å². The maximum absolute atomic E-state index is 14.1. The molecular formula is C26H43BrO9. The minimum Gasteiger partial charge on any atom is -0.462 e. The van der Waals surface area contributed by atoms with Gasteiger partial charge >= 0.3 is 17.9 Å². The molecule has 1 aliphatic rings. The molecule has 0 spiro atoms. The Morgan fingerprint density at radius 2 is 1.22 bits per heavy atom. The Morgan fingerprint density at radius 3 is 1.61 bits per heavy atom. The van der Waals surface area contributed by atoms with Gasteiger partial charge in [0, 0.05) is 5.41 Å². The molecule has 5 atom stereocenters. The van der Waals surface area contributed by atoms with E-state index in [-0.39, 0.29) is 0 Å². The molecule has 36 heavy (non-hydrogen) atoms. The molecule has 1 heterocycles. The molecule has 0 radical (unpaired) electrons. The highest BCUT2D eigenvalue weighted by atomic mass is 79.9.